The Morgan fingerprint density at radius 2 is 1.79 bits per heavy atom. The molecule has 0 atom stereocenters. The number of aliphatic imine (C=N–C) groups is 1. The van der Waals surface area contributed by atoms with Crippen LogP contribution in [0.5, 0.6) is 0 Å². The molecule has 3 rings (SSSR count). The highest BCUT2D eigenvalue weighted by molar-refractivity contribution is 6.32. The van der Waals surface area contributed by atoms with E-state index in [4.69, 9.17) is 25.7 Å². The first-order valence-corrected chi connectivity index (χ1v) is 8.66. The second kappa shape index (κ2) is 7.85. The zero-order chi connectivity index (χ0) is 17.7. The number of carbonyl (C=O) groups excluding carboxylic acids is 1. The molecule has 2 N–H and O–H groups in total. The van der Waals surface area contributed by atoms with E-state index in [1.165, 1.54) is 0 Å². The van der Waals surface area contributed by atoms with Gasteiger partial charge >= 0.3 is 9.17 Å². The van der Waals surface area contributed by atoms with Crippen molar-refractivity contribution in [3.05, 3.63) is 64.7 Å². The van der Waals surface area contributed by atoms with E-state index in [0.29, 0.717) is 5.02 Å². The first-order valence-electron chi connectivity index (χ1n) is 6.98. The van der Waals surface area contributed by atoms with Gasteiger partial charge in [0.15, 0.2) is 0 Å². The molecule has 0 saturated heterocycles. The van der Waals surface area contributed by atoms with Crippen molar-refractivity contribution in [1.29, 1.82) is 0 Å². The van der Waals surface area contributed by atoms with Crippen molar-refractivity contribution in [3.8, 4) is 0 Å². The van der Waals surface area contributed by atoms with Crippen molar-refractivity contribution >= 4 is 38.1 Å². The van der Waals surface area contributed by atoms with E-state index >= 15 is 0 Å². The smallest absolute Gasteiger partial charge is 0.511 e. The summed E-state index contributed by atoms with van der Waals surface area (Å²) in [7, 11) is -1.37. The van der Waals surface area contributed by atoms with Crippen LogP contribution in [0.25, 0.3) is 0 Å². The van der Waals surface area contributed by atoms with E-state index in [-0.39, 0.29) is 12.5 Å². The predicted molar refractivity (Wildman–Crippen MR) is 92.7 cm³/mol. The van der Waals surface area contributed by atoms with Crippen molar-refractivity contribution in [1.82, 2.24) is 0 Å². The summed E-state index contributed by atoms with van der Waals surface area (Å²) in [5.41, 5.74) is 3.51. The van der Waals surface area contributed by atoms with Crippen LogP contribution in [0, 0.1) is 0 Å². The van der Waals surface area contributed by atoms with Gasteiger partial charge in [0, 0.05) is 23.2 Å². The minimum absolute atomic E-state index is 0.0282. The van der Waals surface area contributed by atoms with Gasteiger partial charge in [0.05, 0.1) is 11.4 Å². The standard InChI is InChI=1S/C16H13ClN2O.H2O3Si/c1-19-14-8-7-12(17)9-13(14)16(18-10-15(19)20)11-5-3-2-4-6-11;1-4(2)3/h2-9H,10H2,1H3;1-2H. The van der Waals surface area contributed by atoms with Gasteiger partial charge in [-0.05, 0) is 18.2 Å². The first kappa shape index (κ1) is 17.8. The Balaban J connectivity index is 0.000000471. The van der Waals surface area contributed by atoms with Crippen LogP contribution < -0.4 is 4.90 Å². The fourth-order valence-electron chi connectivity index (χ4n) is 2.31. The Hall–Kier alpha value is -2.51. The number of benzodiazepines with no additional fused rings is 1. The van der Waals surface area contributed by atoms with E-state index in [1.54, 1.807) is 18.0 Å². The second-order valence-electron chi connectivity index (χ2n) is 4.93. The van der Waals surface area contributed by atoms with Gasteiger partial charge in [0.2, 0.25) is 5.91 Å². The molecule has 2 aromatic rings. The quantitative estimate of drug-likeness (QED) is 0.753. The van der Waals surface area contributed by atoms with Gasteiger partial charge in [-0.25, -0.2) is 0 Å². The number of likely N-dealkylation sites (N-methyl/N-ethyl adjacent to an activating group) is 1. The maximum Gasteiger partial charge on any atom is 0.761 e. The van der Waals surface area contributed by atoms with Crippen LogP contribution in [0.15, 0.2) is 53.5 Å². The lowest BCUT2D eigenvalue weighted by Gasteiger charge is -2.18. The molecule has 1 heterocycles. The van der Waals surface area contributed by atoms with E-state index in [9.17, 15) is 4.79 Å². The SMILES string of the molecule is CN1C(=O)CN=C(c2ccccc2)c2cc(Cl)ccc21.O=[Si](O)O. The number of fused-ring (bicyclic) bond motifs is 1. The normalized spacial score (nSPS) is 13.2. The van der Waals surface area contributed by atoms with Crippen LogP contribution >= 0.6 is 11.6 Å². The summed E-state index contributed by atoms with van der Waals surface area (Å²) in [5.74, 6) is -0.0282. The minimum Gasteiger partial charge on any atom is -0.511 e. The number of hydrogen-bond acceptors (Lipinski definition) is 3. The monoisotopic (exact) mass is 362 g/mol. The van der Waals surface area contributed by atoms with Crippen LogP contribution in [-0.2, 0) is 9.26 Å². The van der Waals surface area contributed by atoms with Gasteiger partial charge in [0.25, 0.3) is 0 Å². The number of benzene rings is 2. The molecule has 0 aromatic heterocycles. The van der Waals surface area contributed by atoms with Crippen LogP contribution in [-0.4, -0.2) is 44.0 Å². The highest BCUT2D eigenvalue weighted by atomic mass is 35.5. The average Bonchev–Trinajstić information content (AvgIpc) is 2.66. The van der Waals surface area contributed by atoms with Gasteiger partial charge in [-0.15, -0.1) is 0 Å². The Labute approximate surface area is 145 Å². The number of halogens is 1. The highest BCUT2D eigenvalue weighted by Gasteiger charge is 2.22. The molecule has 6 nitrogen and oxygen atoms in total. The first-order chi connectivity index (χ1) is 11.4. The molecule has 1 amide bonds. The fourth-order valence-corrected chi connectivity index (χ4v) is 2.48. The number of amides is 1. The van der Waals surface area contributed by atoms with Crippen molar-refractivity contribution in [2.75, 3.05) is 18.5 Å². The Morgan fingerprint density at radius 1 is 1.17 bits per heavy atom. The van der Waals surface area contributed by atoms with Crippen molar-refractivity contribution in [3.63, 3.8) is 0 Å². The third kappa shape index (κ3) is 4.27. The van der Waals surface area contributed by atoms with Crippen molar-refractivity contribution in [2.24, 2.45) is 4.99 Å². The number of anilines is 1. The number of carbonyl (C=O) groups is 1. The number of nitrogens with zero attached hydrogens (tertiary/aromatic N) is 2. The van der Waals surface area contributed by atoms with Gasteiger partial charge in [-0.3, -0.25) is 14.2 Å². The Kier molecular flexibility index (Phi) is 5.83. The maximum atomic E-state index is 12.0. The maximum absolute atomic E-state index is 12.0. The molecule has 1 aliphatic rings. The molecule has 0 bridgehead atoms. The molecule has 24 heavy (non-hydrogen) atoms. The van der Waals surface area contributed by atoms with Crippen LogP contribution in [0.1, 0.15) is 11.1 Å². The Bertz CT molecular complexity index is 792. The van der Waals surface area contributed by atoms with Gasteiger partial charge in [-0.2, -0.15) is 0 Å². The van der Waals surface area contributed by atoms with Gasteiger partial charge < -0.3 is 14.5 Å². The minimum atomic E-state index is -3.13. The largest absolute Gasteiger partial charge is 0.761 e. The molecule has 0 aliphatic carbocycles. The third-order valence-corrected chi connectivity index (χ3v) is 3.60. The van der Waals surface area contributed by atoms with E-state index in [1.807, 2.05) is 42.5 Å². The molecular formula is C16H15ClN2O4Si. The molecule has 0 radical (unpaired) electrons. The molecule has 124 valence electrons. The Morgan fingerprint density at radius 3 is 2.42 bits per heavy atom. The van der Waals surface area contributed by atoms with E-state index in [2.05, 4.69) is 4.99 Å². The van der Waals surface area contributed by atoms with Gasteiger partial charge in [0.1, 0.15) is 6.54 Å². The zero-order valence-corrected chi connectivity index (χ0v) is 14.6. The molecule has 0 unspecified atom stereocenters. The summed E-state index contributed by atoms with van der Waals surface area (Å²) in [6, 6.07) is 15.3. The second-order valence-corrected chi connectivity index (χ2v) is 5.93. The molecule has 0 spiro atoms. The zero-order valence-electron chi connectivity index (χ0n) is 12.8. The summed E-state index contributed by atoms with van der Waals surface area (Å²) in [4.78, 5) is 32.4. The lowest BCUT2D eigenvalue weighted by atomic mass is 10.0. The van der Waals surface area contributed by atoms with Crippen LogP contribution in [0.2, 0.25) is 5.02 Å². The molecule has 8 heteroatoms. The third-order valence-electron chi connectivity index (χ3n) is 3.37. The lowest BCUT2D eigenvalue weighted by Crippen LogP contribution is -2.27. The average molecular weight is 363 g/mol. The molecule has 0 saturated carbocycles. The van der Waals surface area contributed by atoms with Crippen molar-refractivity contribution in [2.45, 2.75) is 0 Å². The van der Waals surface area contributed by atoms with E-state index < -0.39 is 9.17 Å². The van der Waals surface area contributed by atoms with Crippen LogP contribution in [0.4, 0.5) is 5.69 Å². The van der Waals surface area contributed by atoms with E-state index in [0.717, 1.165) is 22.5 Å². The summed E-state index contributed by atoms with van der Waals surface area (Å²) >= 11 is 6.11. The summed E-state index contributed by atoms with van der Waals surface area (Å²) < 4.78 is 8.74. The summed E-state index contributed by atoms with van der Waals surface area (Å²) in [5, 5.41) is 0.634. The number of hydrogen-bond donors (Lipinski definition) is 2. The summed E-state index contributed by atoms with van der Waals surface area (Å²) in [6.45, 7) is 0.146. The summed E-state index contributed by atoms with van der Waals surface area (Å²) in [6.07, 6.45) is 0. The lowest BCUT2D eigenvalue weighted by molar-refractivity contribution is -0.116. The topological polar surface area (TPSA) is 90.2 Å². The molecular weight excluding hydrogens is 348 g/mol. The van der Waals surface area contributed by atoms with Gasteiger partial charge in [-0.1, -0.05) is 41.9 Å². The predicted octanol–water partition coefficient (Wildman–Crippen LogP) is 1.54. The molecule has 0 fully saturated rings. The fraction of sp³-hybridized carbons (Fsp3) is 0.125. The van der Waals surface area contributed by atoms with Crippen LogP contribution in [0.3, 0.4) is 0 Å². The molecule has 1 aliphatic heterocycles. The molecule has 2 aromatic carbocycles. The number of rotatable bonds is 1. The van der Waals surface area contributed by atoms with Crippen molar-refractivity contribution < 1.29 is 18.8 Å². The highest BCUT2D eigenvalue weighted by Crippen LogP contribution is 2.28.